The zero-order valence-electron chi connectivity index (χ0n) is 13.7. The van der Waals surface area contributed by atoms with Crippen LogP contribution in [0.4, 0.5) is 5.69 Å². The Hall–Kier alpha value is -1.96. The first-order chi connectivity index (χ1) is 12.0. The molecule has 128 valence electrons. The SMILES string of the molecule is Cc1ccccc1NC(=O)C(C)N1C(=O)/C(=C/c2cccs2)SC1=S. The molecule has 0 radical (unpaired) electrons. The van der Waals surface area contributed by atoms with Crippen molar-refractivity contribution < 1.29 is 9.59 Å². The first kappa shape index (κ1) is 17.8. The summed E-state index contributed by atoms with van der Waals surface area (Å²) in [6.45, 7) is 3.61. The van der Waals surface area contributed by atoms with E-state index < -0.39 is 6.04 Å². The number of benzene rings is 1. The summed E-state index contributed by atoms with van der Waals surface area (Å²) >= 11 is 8.11. The van der Waals surface area contributed by atoms with E-state index in [-0.39, 0.29) is 11.8 Å². The average molecular weight is 389 g/mol. The number of thiocarbonyl (C=S) groups is 1. The molecule has 7 heteroatoms. The molecule has 1 atom stereocenters. The molecule has 2 amide bonds. The number of thioether (sulfide) groups is 1. The van der Waals surface area contributed by atoms with Crippen LogP contribution >= 0.6 is 35.3 Å². The van der Waals surface area contributed by atoms with E-state index in [1.54, 1.807) is 18.3 Å². The number of aryl methyl sites for hydroxylation is 1. The van der Waals surface area contributed by atoms with Crippen LogP contribution in [0.5, 0.6) is 0 Å². The predicted octanol–water partition coefficient (Wildman–Crippen LogP) is 4.28. The fourth-order valence-corrected chi connectivity index (χ4v) is 4.53. The van der Waals surface area contributed by atoms with Crippen molar-refractivity contribution in [2.45, 2.75) is 19.9 Å². The molecule has 0 spiro atoms. The van der Waals surface area contributed by atoms with Crippen LogP contribution in [0.3, 0.4) is 0 Å². The lowest BCUT2D eigenvalue weighted by Crippen LogP contribution is -2.44. The Labute approximate surface area is 159 Å². The quantitative estimate of drug-likeness (QED) is 0.627. The summed E-state index contributed by atoms with van der Waals surface area (Å²) in [5, 5.41) is 4.82. The summed E-state index contributed by atoms with van der Waals surface area (Å²) in [6.07, 6.45) is 1.82. The molecule has 1 aromatic carbocycles. The average Bonchev–Trinajstić information content (AvgIpc) is 3.18. The van der Waals surface area contributed by atoms with Crippen molar-refractivity contribution in [2.24, 2.45) is 0 Å². The van der Waals surface area contributed by atoms with Crippen LogP contribution < -0.4 is 5.32 Å². The molecule has 1 unspecified atom stereocenters. The van der Waals surface area contributed by atoms with Crippen LogP contribution in [0.1, 0.15) is 17.4 Å². The van der Waals surface area contributed by atoms with Crippen molar-refractivity contribution in [3.8, 4) is 0 Å². The first-order valence-corrected chi connectivity index (χ1v) is 9.75. The molecule has 2 heterocycles. The number of anilines is 1. The largest absolute Gasteiger partial charge is 0.324 e. The van der Waals surface area contributed by atoms with Gasteiger partial charge in [0.15, 0.2) is 0 Å². The second kappa shape index (κ2) is 7.51. The van der Waals surface area contributed by atoms with Crippen LogP contribution in [0.2, 0.25) is 0 Å². The van der Waals surface area contributed by atoms with Gasteiger partial charge in [-0.3, -0.25) is 14.5 Å². The molecule has 1 saturated heterocycles. The van der Waals surface area contributed by atoms with Crippen molar-refractivity contribution in [1.82, 2.24) is 4.90 Å². The minimum absolute atomic E-state index is 0.226. The van der Waals surface area contributed by atoms with Crippen molar-refractivity contribution in [3.05, 3.63) is 57.1 Å². The van der Waals surface area contributed by atoms with Gasteiger partial charge in [-0.05, 0) is 43.0 Å². The lowest BCUT2D eigenvalue weighted by Gasteiger charge is -2.22. The number of nitrogens with zero attached hydrogens (tertiary/aromatic N) is 1. The van der Waals surface area contributed by atoms with E-state index >= 15 is 0 Å². The molecule has 0 bridgehead atoms. The molecule has 0 saturated carbocycles. The van der Waals surface area contributed by atoms with Crippen LogP contribution in [0, 0.1) is 6.92 Å². The van der Waals surface area contributed by atoms with Crippen molar-refractivity contribution in [3.63, 3.8) is 0 Å². The van der Waals surface area contributed by atoms with E-state index in [0.29, 0.717) is 9.23 Å². The van der Waals surface area contributed by atoms with E-state index in [1.807, 2.05) is 54.8 Å². The highest BCUT2D eigenvalue weighted by Gasteiger charge is 2.38. The molecule has 3 rings (SSSR count). The van der Waals surface area contributed by atoms with Crippen LogP contribution in [0.25, 0.3) is 6.08 Å². The molecule has 25 heavy (non-hydrogen) atoms. The van der Waals surface area contributed by atoms with Crippen molar-refractivity contribution in [1.29, 1.82) is 0 Å². The summed E-state index contributed by atoms with van der Waals surface area (Å²) in [5.41, 5.74) is 1.70. The molecule has 1 aliphatic rings. The Kier molecular flexibility index (Phi) is 5.36. The van der Waals surface area contributed by atoms with Gasteiger partial charge in [0.25, 0.3) is 5.91 Å². The van der Waals surface area contributed by atoms with E-state index in [2.05, 4.69) is 5.32 Å². The highest BCUT2D eigenvalue weighted by atomic mass is 32.2. The number of carbonyl (C=O) groups is 2. The summed E-state index contributed by atoms with van der Waals surface area (Å²) in [4.78, 5) is 28.2. The predicted molar refractivity (Wildman–Crippen MR) is 109 cm³/mol. The zero-order valence-corrected chi connectivity index (χ0v) is 16.1. The number of nitrogens with one attached hydrogen (secondary N) is 1. The van der Waals surface area contributed by atoms with Gasteiger partial charge in [0.05, 0.1) is 4.91 Å². The first-order valence-electron chi connectivity index (χ1n) is 7.64. The lowest BCUT2D eigenvalue weighted by atomic mass is 10.2. The number of rotatable bonds is 4. The fraction of sp³-hybridized carbons (Fsp3) is 0.167. The summed E-state index contributed by atoms with van der Waals surface area (Å²) < 4.78 is 0.403. The van der Waals surface area contributed by atoms with Gasteiger partial charge < -0.3 is 5.32 Å². The summed E-state index contributed by atoms with van der Waals surface area (Å²) in [5.74, 6) is -0.487. The molecule has 1 N–H and O–H groups in total. The second-order valence-corrected chi connectivity index (χ2v) is 8.20. The van der Waals surface area contributed by atoms with Gasteiger partial charge >= 0.3 is 0 Å². The van der Waals surface area contributed by atoms with Gasteiger partial charge in [-0.2, -0.15) is 0 Å². The molecule has 2 aromatic rings. The molecule has 0 aliphatic carbocycles. The monoisotopic (exact) mass is 388 g/mol. The minimum Gasteiger partial charge on any atom is -0.324 e. The van der Waals surface area contributed by atoms with Gasteiger partial charge in [0.2, 0.25) is 5.91 Å². The van der Waals surface area contributed by atoms with Crippen molar-refractivity contribution >= 4 is 63.2 Å². The minimum atomic E-state index is -0.679. The topological polar surface area (TPSA) is 49.4 Å². The van der Waals surface area contributed by atoms with Gasteiger partial charge in [0, 0.05) is 10.6 Å². The maximum atomic E-state index is 12.7. The highest BCUT2D eigenvalue weighted by Crippen LogP contribution is 2.34. The smallest absolute Gasteiger partial charge is 0.266 e. The highest BCUT2D eigenvalue weighted by molar-refractivity contribution is 8.26. The van der Waals surface area contributed by atoms with Gasteiger partial charge in [-0.25, -0.2) is 0 Å². The Balaban J connectivity index is 1.76. The van der Waals surface area contributed by atoms with E-state index in [9.17, 15) is 9.59 Å². The standard InChI is InChI=1S/C18H16N2O2S3/c1-11-6-3-4-8-14(11)19-16(21)12(2)20-17(22)15(25-18(20)23)10-13-7-5-9-24-13/h3-10,12H,1-2H3,(H,19,21)/b15-10-. The molecule has 1 fully saturated rings. The molecular weight excluding hydrogens is 372 g/mol. The van der Waals surface area contributed by atoms with Crippen LogP contribution in [-0.4, -0.2) is 27.1 Å². The summed E-state index contributed by atoms with van der Waals surface area (Å²) in [6, 6.07) is 10.7. The normalized spacial score (nSPS) is 17.2. The number of thiophene rings is 1. The third kappa shape index (κ3) is 3.84. The van der Waals surface area contributed by atoms with E-state index in [0.717, 1.165) is 16.1 Å². The molecular formula is C18H16N2O2S3. The maximum Gasteiger partial charge on any atom is 0.266 e. The Bertz CT molecular complexity index is 859. The Morgan fingerprint density at radius 2 is 2.04 bits per heavy atom. The van der Waals surface area contributed by atoms with E-state index in [4.69, 9.17) is 12.2 Å². The van der Waals surface area contributed by atoms with Crippen molar-refractivity contribution in [2.75, 3.05) is 5.32 Å². The van der Waals surface area contributed by atoms with E-state index in [1.165, 1.54) is 16.7 Å². The molecule has 1 aromatic heterocycles. The lowest BCUT2D eigenvalue weighted by molar-refractivity contribution is -0.129. The number of para-hydroxylation sites is 1. The maximum absolute atomic E-state index is 12.7. The molecule has 4 nitrogen and oxygen atoms in total. The van der Waals surface area contributed by atoms with Crippen LogP contribution in [-0.2, 0) is 9.59 Å². The third-order valence-corrected chi connectivity index (χ3v) is 5.96. The van der Waals surface area contributed by atoms with Gasteiger partial charge in [-0.1, -0.05) is 48.2 Å². The van der Waals surface area contributed by atoms with Crippen LogP contribution in [0.15, 0.2) is 46.7 Å². The Morgan fingerprint density at radius 1 is 1.28 bits per heavy atom. The van der Waals surface area contributed by atoms with Gasteiger partial charge in [-0.15, -0.1) is 11.3 Å². The van der Waals surface area contributed by atoms with Gasteiger partial charge in [0.1, 0.15) is 10.4 Å². The Morgan fingerprint density at radius 3 is 2.72 bits per heavy atom. The number of amides is 2. The number of hydrogen-bond donors (Lipinski definition) is 1. The fourth-order valence-electron chi connectivity index (χ4n) is 2.38. The summed E-state index contributed by atoms with van der Waals surface area (Å²) in [7, 11) is 0. The number of carbonyl (C=O) groups excluding carboxylic acids is 2. The molecule has 1 aliphatic heterocycles. The third-order valence-electron chi connectivity index (χ3n) is 3.81. The number of hydrogen-bond acceptors (Lipinski definition) is 5. The second-order valence-electron chi connectivity index (χ2n) is 5.55. The zero-order chi connectivity index (χ0) is 18.0.